The lowest BCUT2D eigenvalue weighted by atomic mass is 9.78. The Morgan fingerprint density at radius 3 is 2.38 bits per heavy atom. The highest BCUT2D eigenvalue weighted by atomic mass is 16.4. The van der Waals surface area contributed by atoms with Crippen LogP contribution in [0.4, 0.5) is 5.69 Å². The first-order valence-corrected chi connectivity index (χ1v) is 7.63. The molecule has 0 spiro atoms. The number of carbonyl (C=O) groups excluding carboxylic acids is 1. The minimum atomic E-state index is -0.855. The van der Waals surface area contributed by atoms with Gasteiger partial charge in [0.1, 0.15) is 0 Å². The minimum Gasteiger partial charge on any atom is -0.481 e. The molecule has 2 atom stereocenters. The van der Waals surface area contributed by atoms with Crippen LogP contribution in [0, 0.1) is 11.8 Å². The van der Waals surface area contributed by atoms with E-state index in [1.807, 2.05) is 24.3 Å². The molecular weight excluding hydrogens is 266 g/mol. The second-order valence-electron chi connectivity index (χ2n) is 6.07. The molecule has 0 radical (unpaired) electrons. The van der Waals surface area contributed by atoms with E-state index in [1.54, 1.807) is 0 Å². The van der Waals surface area contributed by atoms with E-state index < -0.39 is 17.8 Å². The molecule has 4 heteroatoms. The van der Waals surface area contributed by atoms with Crippen molar-refractivity contribution in [3.05, 3.63) is 29.8 Å². The van der Waals surface area contributed by atoms with Crippen LogP contribution in [0.2, 0.25) is 0 Å². The zero-order valence-corrected chi connectivity index (χ0v) is 12.6. The molecule has 2 N–H and O–H groups in total. The molecule has 2 rings (SSSR count). The van der Waals surface area contributed by atoms with E-state index >= 15 is 0 Å². The standard InChI is InChI=1S/C17H23NO3/c1-11(2)12-7-5-6-10-15(12)18-16(19)13-8-3-4-9-14(13)17(20)21/h5-7,10-11,13-14H,3-4,8-9H2,1-2H3,(H,18,19)(H,20,21)/t13-,14+/m0/s1. The third-order valence-electron chi connectivity index (χ3n) is 4.26. The molecule has 0 aliphatic heterocycles. The molecule has 1 fully saturated rings. The normalized spacial score (nSPS) is 22.0. The molecule has 1 aliphatic carbocycles. The van der Waals surface area contributed by atoms with Gasteiger partial charge in [-0.25, -0.2) is 0 Å². The van der Waals surface area contributed by atoms with Crippen LogP contribution in [-0.4, -0.2) is 17.0 Å². The summed E-state index contributed by atoms with van der Waals surface area (Å²) in [5.74, 6) is -1.67. The molecule has 1 aromatic carbocycles. The first-order chi connectivity index (χ1) is 10.0. The second kappa shape index (κ2) is 6.74. The summed E-state index contributed by atoms with van der Waals surface area (Å²) in [6.45, 7) is 4.15. The van der Waals surface area contributed by atoms with Gasteiger partial charge in [-0.05, 0) is 30.4 Å². The Labute approximate surface area is 125 Å². The van der Waals surface area contributed by atoms with Gasteiger partial charge in [0, 0.05) is 5.69 Å². The number of carboxylic acids is 1. The van der Waals surface area contributed by atoms with Crippen LogP contribution in [0.3, 0.4) is 0 Å². The predicted octanol–water partition coefficient (Wildman–Crippen LogP) is 3.64. The summed E-state index contributed by atoms with van der Waals surface area (Å²) >= 11 is 0. The predicted molar refractivity (Wildman–Crippen MR) is 82.2 cm³/mol. The van der Waals surface area contributed by atoms with Gasteiger partial charge in [0.15, 0.2) is 0 Å². The number of benzene rings is 1. The summed E-state index contributed by atoms with van der Waals surface area (Å²) in [7, 11) is 0. The summed E-state index contributed by atoms with van der Waals surface area (Å²) in [6, 6.07) is 7.71. The van der Waals surface area contributed by atoms with Crippen molar-refractivity contribution in [3.8, 4) is 0 Å². The van der Waals surface area contributed by atoms with Crippen LogP contribution >= 0.6 is 0 Å². The Morgan fingerprint density at radius 2 is 1.76 bits per heavy atom. The molecule has 114 valence electrons. The number of nitrogens with one attached hydrogen (secondary N) is 1. The monoisotopic (exact) mass is 289 g/mol. The van der Waals surface area contributed by atoms with Gasteiger partial charge in [-0.2, -0.15) is 0 Å². The number of amides is 1. The average molecular weight is 289 g/mol. The van der Waals surface area contributed by atoms with Crippen LogP contribution in [-0.2, 0) is 9.59 Å². The number of carbonyl (C=O) groups is 2. The molecule has 1 saturated carbocycles. The largest absolute Gasteiger partial charge is 0.481 e. The van der Waals surface area contributed by atoms with Crippen LogP contribution in [0.15, 0.2) is 24.3 Å². The quantitative estimate of drug-likeness (QED) is 0.889. The van der Waals surface area contributed by atoms with Crippen LogP contribution < -0.4 is 5.32 Å². The molecule has 0 aromatic heterocycles. The van der Waals surface area contributed by atoms with E-state index in [9.17, 15) is 14.7 Å². The highest BCUT2D eigenvalue weighted by molar-refractivity contribution is 5.95. The van der Waals surface area contributed by atoms with Gasteiger partial charge in [-0.3, -0.25) is 9.59 Å². The number of hydrogen-bond acceptors (Lipinski definition) is 2. The number of aliphatic carboxylic acids is 1. The molecule has 0 saturated heterocycles. The summed E-state index contributed by atoms with van der Waals surface area (Å²) < 4.78 is 0. The number of hydrogen-bond donors (Lipinski definition) is 2. The molecule has 4 nitrogen and oxygen atoms in total. The van der Waals surface area contributed by atoms with E-state index in [0.29, 0.717) is 18.8 Å². The third kappa shape index (κ3) is 3.63. The molecule has 1 amide bonds. The smallest absolute Gasteiger partial charge is 0.307 e. The molecule has 0 heterocycles. The molecule has 0 bridgehead atoms. The van der Waals surface area contributed by atoms with Crippen molar-refractivity contribution in [2.75, 3.05) is 5.32 Å². The van der Waals surface area contributed by atoms with Crippen molar-refractivity contribution >= 4 is 17.6 Å². The highest BCUT2D eigenvalue weighted by Crippen LogP contribution is 2.32. The van der Waals surface area contributed by atoms with Gasteiger partial charge in [0.05, 0.1) is 11.8 Å². The van der Waals surface area contributed by atoms with Gasteiger partial charge >= 0.3 is 5.97 Å². The summed E-state index contributed by atoms with van der Waals surface area (Å²) in [4.78, 5) is 23.8. The molecule has 1 aromatic rings. The maximum Gasteiger partial charge on any atom is 0.307 e. The number of carboxylic acid groups (broad SMARTS) is 1. The van der Waals surface area contributed by atoms with Crippen LogP contribution in [0.5, 0.6) is 0 Å². The van der Waals surface area contributed by atoms with E-state index in [2.05, 4.69) is 19.2 Å². The van der Waals surface area contributed by atoms with Crippen molar-refractivity contribution in [1.29, 1.82) is 0 Å². The number of anilines is 1. The minimum absolute atomic E-state index is 0.157. The lowest BCUT2D eigenvalue weighted by molar-refractivity contribution is -0.147. The summed E-state index contributed by atoms with van der Waals surface area (Å²) in [5.41, 5.74) is 1.88. The van der Waals surface area contributed by atoms with E-state index in [4.69, 9.17) is 0 Å². The average Bonchev–Trinajstić information content (AvgIpc) is 2.47. The fourth-order valence-corrected chi connectivity index (χ4v) is 3.08. The van der Waals surface area contributed by atoms with Crippen molar-refractivity contribution in [3.63, 3.8) is 0 Å². The Bertz CT molecular complexity index is 525. The van der Waals surface area contributed by atoms with Gasteiger partial charge in [0.25, 0.3) is 0 Å². The van der Waals surface area contributed by atoms with E-state index in [1.165, 1.54) is 0 Å². The van der Waals surface area contributed by atoms with E-state index in [-0.39, 0.29) is 5.91 Å². The van der Waals surface area contributed by atoms with Crippen molar-refractivity contribution < 1.29 is 14.7 Å². The van der Waals surface area contributed by atoms with Crippen LogP contribution in [0.1, 0.15) is 51.0 Å². The SMILES string of the molecule is CC(C)c1ccccc1NC(=O)[C@H]1CCCC[C@H]1C(=O)O. The lowest BCUT2D eigenvalue weighted by Crippen LogP contribution is -2.36. The molecular formula is C17H23NO3. The van der Waals surface area contributed by atoms with Gasteiger partial charge in [-0.15, -0.1) is 0 Å². The topological polar surface area (TPSA) is 66.4 Å². The Balaban J connectivity index is 2.15. The second-order valence-corrected chi connectivity index (χ2v) is 6.07. The molecule has 0 unspecified atom stereocenters. The maximum atomic E-state index is 12.5. The summed E-state index contributed by atoms with van der Waals surface area (Å²) in [6.07, 6.45) is 3.07. The van der Waals surface area contributed by atoms with Gasteiger partial charge < -0.3 is 10.4 Å². The zero-order valence-electron chi connectivity index (χ0n) is 12.6. The molecule has 21 heavy (non-hydrogen) atoms. The molecule has 1 aliphatic rings. The van der Waals surface area contributed by atoms with Crippen molar-refractivity contribution in [2.45, 2.75) is 45.4 Å². The van der Waals surface area contributed by atoms with E-state index in [0.717, 1.165) is 24.1 Å². The Hall–Kier alpha value is -1.84. The number of para-hydroxylation sites is 1. The van der Waals surface area contributed by atoms with Crippen LogP contribution in [0.25, 0.3) is 0 Å². The van der Waals surface area contributed by atoms with Gasteiger partial charge in [-0.1, -0.05) is 44.9 Å². The first-order valence-electron chi connectivity index (χ1n) is 7.63. The fraction of sp³-hybridized carbons (Fsp3) is 0.529. The number of rotatable bonds is 4. The highest BCUT2D eigenvalue weighted by Gasteiger charge is 2.35. The summed E-state index contributed by atoms with van der Waals surface area (Å²) in [5, 5.41) is 12.2. The lowest BCUT2D eigenvalue weighted by Gasteiger charge is -2.28. The zero-order chi connectivity index (χ0) is 15.4. The van der Waals surface area contributed by atoms with Gasteiger partial charge in [0.2, 0.25) is 5.91 Å². The maximum absolute atomic E-state index is 12.5. The third-order valence-corrected chi connectivity index (χ3v) is 4.26. The Kier molecular flexibility index (Phi) is 4.99. The fourth-order valence-electron chi connectivity index (χ4n) is 3.08. The Morgan fingerprint density at radius 1 is 1.14 bits per heavy atom. The first kappa shape index (κ1) is 15.5. The van der Waals surface area contributed by atoms with Crippen molar-refractivity contribution in [1.82, 2.24) is 0 Å². The van der Waals surface area contributed by atoms with Crippen molar-refractivity contribution in [2.24, 2.45) is 11.8 Å².